The summed E-state index contributed by atoms with van der Waals surface area (Å²) in [6, 6.07) is 15.5. The highest BCUT2D eigenvalue weighted by molar-refractivity contribution is 6.31. The van der Waals surface area contributed by atoms with Gasteiger partial charge in [-0.2, -0.15) is 5.10 Å². The number of benzene rings is 2. The number of hydrogen-bond acceptors (Lipinski definition) is 6. The molecule has 0 aliphatic carbocycles. The molecule has 3 aromatic rings. The molecule has 2 heterocycles. The van der Waals surface area contributed by atoms with Crippen LogP contribution < -0.4 is 15.1 Å². The number of ether oxygens (including phenoxy) is 1. The van der Waals surface area contributed by atoms with Gasteiger partial charge in [0.2, 0.25) is 5.91 Å². The van der Waals surface area contributed by atoms with Gasteiger partial charge in [-0.25, -0.2) is 5.43 Å². The van der Waals surface area contributed by atoms with Gasteiger partial charge >= 0.3 is 0 Å². The lowest BCUT2D eigenvalue weighted by Crippen LogP contribution is -2.47. The van der Waals surface area contributed by atoms with Crippen LogP contribution in [0, 0.1) is 0 Å². The zero-order chi connectivity index (χ0) is 23.0. The van der Waals surface area contributed by atoms with E-state index in [1.165, 1.54) is 5.69 Å². The number of rotatable bonds is 8. The molecule has 0 radical (unpaired) electrons. The van der Waals surface area contributed by atoms with Gasteiger partial charge in [-0.15, -0.1) is 0 Å². The Bertz CT molecular complexity index is 1130. The quantitative estimate of drug-likeness (QED) is 0.403. The number of piperazine rings is 1. The fraction of sp³-hybridized carbons (Fsp3) is 0.320. The van der Waals surface area contributed by atoms with Crippen LogP contribution in [-0.2, 0) is 4.79 Å². The van der Waals surface area contributed by atoms with E-state index in [2.05, 4.69) is 31.4 Å². The number of pyridine rings is 1. The first-order valence-corrected chi connectivity index (χ1v) is 11.6. The molecule has 172 valence electrons. The molecule has 1 aliphatic heterocycles. The summed E-state index contributed by atoms with van der Waals surface area (Å²) in [4.78, 5) is 21.3. The zero-order valence-electron chi connectivity index (χ0n) is 18.7. The second kappa shape index (κ2) is 11.1. The molecule has 8 heteroatoms. The second-order valence-electron chi connectivity index (χ2n) is 7.83. The molecule has 33 heavy (non-hydrogen) atoms. The summed E-state index contributed by atoms with van der Waals surface area (Å²) in [7, 11) is 0. The molecule has 1 N–H and O–H groups in total. The van der Waals surface area contributed by atoms with E-state index in [4.69, 9.17) is 16.3 Å². The third-order valence-electron chi connectivity index (χ3n) is 5.66. The zero-order valence-corrected chi connectivity index (χ0v) is 19.5. The summed E-state index contributed by atoms with van der Waals surface area (Å²) in [5.74, 6) is 0.653. The predicted octanol–water partition coefficient (Wildman–Crippen LogP) is 3.95. The number of aromatic nitrogens is 1. The van der Waals surface area contributed by atoms with Crippen molar-refractivity contribution in [2.75, 3.05) is 44.2 Å². The molecule has 0 bridgehead atoms. The van der Waals surface area contributed by atoms with Gasteiger partial charge in [-0.1, -0.05) is 23.7 Å². The van der Waals surface area contributed by atoms with Crippen LogP contribution in [0.1, 0.15) is 18.9 Å². The number of nitrogens with zero attached hydrogens (tertiary/aromatic N) is 4. The number of nitrogens with one attached hydrogen (secondary N) is 1. The minimum absolute atomic E-state index is 0.0976. The van der Waals surface area contributed by atoms with Gasteiger partial charge in [-0.05, 0) is 43.3 Å². The van der Waals surface area contributed by atoms with Crippen molar-refractivity contribution in [1.82, 2.24) is 15.3 Å². The van der Waals surface area contributed by atoms with E-state index in [0.717, 1.165) is 48.4 Å². The van der Waals surface area contributed by atoms with Gasteiger partial charge < -0.3 is 9.64 Å². The van der Waals surface area contributed by atoms with Crippen molar-refractivity contribution in [2.24, 2.45) is 5.10 Å². The van der Waals surface area contributed by atoms with Crippen LogP contribution in [0.4, 0.5) is 5.69 Å². The summed E-state index contributed by atoms with van der Waals surface area (Å²) in [5, 5.41) is 5.89. The van der Waals surface area contributed by atoms with Crippen LogP contribution in [-0.4, -0.2) is 61.3 Å². The fourth-order valence-corrected chi connectivity index (χ4v) is 4.12. The van der Waals surface area contributed by atoms with Crippen molar-refractivity contribution in [3.05, 3.63) is 65.3 Å². The second-order valence-corrected chi connectivity index (χ2v) is 8.27. The van der Waals surface area contributed by atoms with Crippen LogP contribution in [0.2, 0.25) is 5.02 Å². The normalized spacial score (nSPS) is 14.7. The lowest BCUT2D eigenvalue weighted by molar-refractivity contribution is -0.121. The molecule has 4 rings (SSSR count). The van der Waals surface area contributed by atoms with Crippen molar-refractivity contribution >= 4 is 40.3 Å². The molecule has 0 saturated carbocycles. The number of anilines is 1. The summed E-state index contributed by atoms with van der Waals surface area (Å²) in [6.07, 6.45) is 3.85. The van der Waals surface area contributed by atoms with Crippen molar-refractivity contribution in [1.29, 1.82) is 0 Å². The van der Waals surface area contributed by atoms with Gasteiger partial charge in [-0.3, -0.25) is 14.7 Å². The molecular formula is C25H28ClN5O2. The lowest BCUT2D eigenvalue weighted by atomic mass is 10.1. The van der Waals surface area contributed by atoms with Gasteiger partial charge in [0.1, 0.15) is 5.75 Å². The summed E-state index contributed by atoms with van der Waals surface area (Å²) in [5.41, 5.74) is 5.54. The Balaban J connectivity index is 1.24. The average molecular weight is 466 g/mol. The van der Waals surface area contributed by atoms with Gasteiger partial charge in [0, 0.05) is 67.0 Å². The fourth-order valence-electron chi connectivity index (χ4n) is 3.96. The number of hydrazone groups is 1. The molecule has 1 fully saturated rings. The van der Waals surface area contributed by atoms with Crippen LogP contribution in [0.3, 0.4) is 0 Å². The van der Waals surface area contributed by atoms with Crippen LogP contribution in [0.25, 0.3) is 10.9 Å². The first kappa shape index (κ1) is 23.0. The molecule has 1 amide bonds. The van der Waals surface area contributed by atoms with Crippen LogP contribution >= 0.6 is 11.6 Å². The smallest absolute Gasteiger partial charge is 0.241 e. The largest absolute Gasteiger partial charge is 0.493 e. The average Bonchev–Trinajstić information content (AvgIpc) is 2.84. The Morgan fingerprint density at radius 3 is 2.82 bits per heavy atom. The number of carbonyl (C=O) groups is 1. The predicted molar refractivity (Wildman–Crippen MR) is 133 cm³/mol. The molecule has 2 aromatic carbocycles. The molecular weight excluding hydrogens is 438 g/mol. The standard InChI is InChI=1S/C25H28ClN5O2/c1-2-33-24-6-4-3-5-19(24)18-28-29-25(32)10-12-30-13-15-31(16-14-30)23-9-11-27-22-17-20(26)7-8-21(22)23/h3-9,11,17-18H,2,10,12-16H2,1H3,(H,29,32)/b28-18+. The van der Waals surface area contributed by atoms with Crippen LogP contribution in [0.15, 0.2) is 59.8 Å². The summed E-state index contributed by atoms with van der Waals surface area (Å²) < 4.78 is 5.57. The molecule has 1 aliphatic rings. The maximum Gasteiger partial charge on any atom is 0.241 e. The van der Waals surface area contributed by atoms with Gasteiger partial charge in [0.15, 0.2) is 0 Å². The maximum atomic E-state index is 12.2. The Labute approximate surface area is 199 Å². The van der Waals surface area contributed by atoms with Crippen molar-refractivity contribution in [3.63, 3.8) is 0 Å². The highest BCUT2D eigenvalue weighted by Gasteiger charge is 2.19. The first-order chi connectivity index (χ1) is 16.1. The van der Waals surface area contributed by atoms with Crippen LogP contribution in [0.5, 0.6) is 5.75 Å². The Kier molecular flexibility index (Phi) is 7.75. The summed E-state index contributed by atoms with van der Waals surface area (Å²) >= 11 is 6.11. The van der Waals surface area contributed by atoms with Gasteiger partial charge in [0.25, 0.3) is 0 Å². The van der Waals surface area contributed by atoms with Gasteiger partial charge in [0.05, 0.1) is 18.3 Å². The minimum atomic E-state index is -0.0976. The molecule has 1 saturated heterocycles. The number of carbonyl (C=O) groups excluding carboxylic acids is 1. The van der Waals surface area contributed by atoms with E-state index >= 15 is 0 Å². The topological polar surface area (TPSA) is 70.1 Å². The third kappa shape index (κ3) is 6.00. The number of amides is 1. The molecule has 7 nitrogen and oxygen atoms in total. The first-order valence-electron chi connectivity index (χ1n) is 11.2. The van der Waals surface area contributed by atoms with E-state index in [-0.39, 0.29) is 5.91 Å². The number of hydrogen-bond donors (Lipinski definition) is 1. The van der Waals surface area contributed by atoms with E-state index in [1.807, 2.05) is 55.6 Å². The molecule has 0 atom stereocenters. The van der Waals surface area contributed by atoms with E-state index in [1.54, 1.807) is 6.21 Å². The van der Waals surface area contributed by atoms with E-state index in [9.17, 15) is 4.79 Å². The Morgan fingerprint density at radius 2 is 2.00 bits per heavy atom. The molecule has 1 aromatic heterocycles. The SMILES string of the molecule is CCOc1ccccc1/C=N/NC(=O)CCN1CCN(c2ccnc3cc(Cl)ccc23)CC1. The van der Waals surface area contributed by atoms with Crippen molar-refractivity contribution in [2.45, 2.75) is 13.3 Å². The maximum absolute atomic E-state index is 12.2. The number of fused-ring (bicyclic) bond motifs is 1. The highest BCUT2D eigenvalue weighted by Crippen LogP contribution is 2.28. The highest BCUT2D eigenvalue weighted by atomic mass is 35.5. The van der Waals surface area contributed by atoms with Crippen molar-refractivity contribution in [3.8, 4) is 5.75 Å². The summed E-state index contributed by atoms with van der Waals surface area (Å²) in [6.45, 7) is 6.81. The number of halogens is 1. The third-order valence-corrected chi connectivity index (χ3v) is 5.90. The van der Waals surface area contributed by atoms with E-state index in [0.29, 0.717) is 24.6 Å². The Hall–Kier alpha value is -3.16. The monoisotopic (exact) mass is 465 g/mol. The lowest BCUT2D eigenvalue weighted by Gasteiger charge is -2.36. The van der Waals surface area contributed by atoms with E-state index < -0.39 is 0 Å². The number of para-hydroxylation sites is 1. The minimum Gasteiger partial charge on any atom is -0.493 e. The molecule has 0 spiro atoms. The molecule has 0 unspecified atom stereocenters. The van der Waals surface area contributed by atoms with Crippen molar-refractivity contribution < 1.29 is 9.53 Å². The Morgan fingerprint density at radius 1 is 1.18 bits per heavy atom.